The summed E-state index contributed by atoms with van der Waals surface area (Å²) in [5.41, 5.74) is 2.23. The summed E-state index contributed by atoms with van der Waals surface area (Å²) < 4.78 is 6.66. The lowest BCUT2D eigenvalue weighted by molar-refractivity contribution is 0.0169. The molecule has 4 heteroatoms. The molecule has 0 aliphatic heterocycles. The third kappa shape index (κ3) is 4.22. The van der Waals surface area contributed by atoms with Crippen molar-refractivity contribution in [2.45, 2.75) is 58.6 Å². The number of carbonyl (C=O) groups is 1. The number of halogens is 1. The molecular weight excluding hydrogens is 330 g/mol. The van der Waals surface area contributed by atoms with Gasteiger partial charge < -0.3 is 9.64 Å². The van der Waals surface area contributed by atoms with E-state index in [9.17, 15) is 4.79 Å². The van der Waals surface area contributed by atoms with Gasteiger partial charge in [0.2, 0.25) is 0 Å². The molecule has 2 rings (SSSR count). The van der Waals surface area contributed by atoms with Gasteiger partial charge in [0.25, 0.3) is 0 Å². The number of hydrogen-bond acceptors (Lipinski definition) is 2. The van der Waals surface area contributed by atoms with Crippen molar-refractivity contribution in [2.75, 3.05) is 6.54 Å². The molecule has 0 spiro atoms. The van der Waals surface area contributed by atoms with Crippen LogP contribution in [0.2, 0.25) is 0 Å². The number of rotatable bonds is 3. The molecule has 0 fully saturated rings. The maximum absolute atomic E-state index is 12.4. The monoisotopic (exact) mass is 353 g/mol. The van der Waals surface area contributed by atoms with Crippen LogP contribution in [-0.2, 0) is 17.6 Å². The average Bonchev–Trinajstić information content (AvgIpc) is 2.75. The first-order chi connectivity index (χ1) is 9.80. The minimum absolute atomic E-state index is 0.193. The summed E-state index contributed by atoms with van der Waals surface area (Å²) >= 11 is 3.52. The molecule has 0 heterocycles. The summed E-state index contributed by atoms with van der Waals surface area (Å²) in [6, 6.07) is 6.59. The summed E-state index contributed by atoms with van der Waals surface area (Å²) in [6.07, 6.45) is 2.58. The Morgan fingerprint density at radius 1 is 1.33 bits per heavy atom. The predicted octanol–water partition coefficient (Wildman–Crippen LogP) is 4.56. The van der Waals surface area contributed by atoms with Gasteiger partial charge in [0.05, 0.1) is 0 Å². The normalized spacial score (nSPS) is 17.5. The van der Waals surface area contributed by atoms with Crippen molar-refractivity contribution in [3.63, 3.8) is 0 Å². The Morgan fingerprint density at radius 2 is 2.00 bits per heavy atom. The molecule has 116 valence electrons. The van der Waals surface area contributed by atoms with Crippen LogP contribution in [0.25, 0.3) is 0 Å². The van der Waals surface area contributed by atoms with Gasteiger partial charge in [-0.3, -0.25) is 0 Å². The topological polar surface area (TPSA) is 29.5 Å². The van der Waals surface area contributed by atoms with Crippen LogP contribution in [0.15, 0.2) is 22.7 Å². The maximum Gasteiger partial charge on any atom is 0.410 e. The zero-order valence-corrected chi connectivity index (χ0v) is 14.9. The molecule has 1 aliphatic rings. The Kier molecular flexibility index (Phi) is 4.97. The van der Waals surface area contributed by atoms with Crippen LogP contribution in [0.1, 0.15) is 45.2 Å². The zero-order valence-electron chi connectivity index (χ0n) is 13.3. The summed E-state index contributed by atoms with van der Waals surface area (Å²) in [5.74, 6) is 0. The molecule has 1 amide bonds. The first kappa shape index (κ1) is 16.3. The largest absolute Gasteiger partial charge is 0.444 e. The lowest BCUT2D eigenvalue weighted by Gasteiger charge is -2.31. The second kappa shape index (κ2) is 6.39. The molecular formula is C17H24BrNO2. The molecule has 0 N–H and O–H groups in total. The smallest absolute Gasteiger partial charge is 0.410 e. The Hall–Kier alpha value is -1.03. The van der Waals surface area contributed by atoms with E-state index in [-0.39, 0.29) is 12.1 Å². The summed E-state index contributed by atoms with van der Waals surface area (Å²) in [6.45, 7) is 8.57. The fourth-order valence-electron chi connectivity index (χ4n) is 2.77. The summed E-state index contributed by atoms with van der Waals surface area (Å²) in [4.78, 5) is 14.4. The number of amides is 1. The lowest BCUT2D eigenvalue weighted by Crippen LogP contribution is -2.44. The second-order valence-corrected chi connectivity index (χ2v) is 7.56. The highest BCUT2D eigenvalue weighted by atomic mass is 79.9. The number of carbonyl (C=O) groups excluding carboxylic acids is 1. The van der Waals surface area contributed by atoms with Crippen molar-refractivity contribution in [2.24, 2.45) is 0 Å². The van der Waals surface area contributed by atoms with Gasteiger partial charge in [-0.25, -0.2) is 4.79 Å². The molecule has 0 unspecified atom stereocenters. The average molecular weight is 354 g/mol. The van der Waals surface area contributed by atoms with Crippen LogP contribution < -0.4 is 0 Å². The van der Waals surface area contributed by atoms with Crippen LogP contribution >= 0.6 is 15.9 Å². The molecule has 0 saturated carbocycles. The highest BCUT2D eigenvalue weighted by molar-refractivity contribution is 9.10. The zero-order chi connectivity index (χ0) is 15.6. The Bertz CT molecular complexity index is 522. The number of fused-ring (bicyclic) bond motifs is 1. The molecule has 1 aromatic rings. The first-order valence-electron chi connectivity index (χ1n) is 7.57. The van der Waals surface area contributed by atoms with Crippen molar-refractivity contribution < 1.29 is 9.53 Å². The highest BCUT2D eigenvalue weighted by Crippen LogP contribution is 2.29. The van der Waals surface area contributed by atoms with Crippen LogP contribution in [0.4, 0.5) is 4.79 Å². The Balaban J connectivity index is 2.12. The second-order valence-electron chi connectivity index (χ2n) is 6.65. The van der Waals surface area contributed by atoms with Crippen molar-refractivity contribution in [1.82, 2.24) is 4.90 Å². The van der Waals surface area contributed by atoms with Crippen molar-refractivity contribution in [1.29, 1.82) is 0 Å². The fourth-order valence-corrected chi connectivity index (χ4v) is 3.18. The third-order valence-electron chi connectivity index (χ3n) is 3.61. The Labute approximate surface area is 135 Å². The van der Waals surface area contributed by atoms with Crippen molar-refractivity contribution >= 4 is 22.0 Å². The number of nitrogens with zero attached hydrogens (tertiary/aromatic N) is 1. The van der Waals surface area contributed by atoms with Crippen LogP contribution in [0.5, 0.6) is 0 Å². The summed E-state index contributed by atoms with van der Waals surface area (Å²) in [5, 5.41) is 0. The van der Waals surface area contributed by atoms with Gasteiger partial charge in [0, 0.05) is 17.1 Å². The van der Waals surface area contributed by atoms with Crippen LogP contribution in [0.3, 0.4) is 0 Å². The van der Waals surface area contributed by atoms with Crippen LogP contribution in [0, 0.1) is 0 Å². The van der Waals surface area contributed by atoms with Gasteiger partial charge in [0.1, 0.15) is 5.60 Å². The first-order valence-corrected chi connectivity index (χ1v) is 8.36. The Morgan fingerprint density at radius 3 is 2.62 bits per heavy atom. The maximum atomic E-state index is 12.4. The molecule has 21 heavy (non-hydrogen) atoms. The van der Waals surface area contributed by atoms with E-state index in [2.05, 4.69) is 41.1 Å². The van der Waals surface area contributed by atoms with Gasteiger partial charge in [0.15, 0.2) is 0 Å². The molecule has 1 atom stereocenters. The van der Waals surface area contributed by atoms with E-state index in [1.807, 2.05) is 25.7 Å². The van der Waals surface area contributed by atoms with E-state index in [1.54, 1.807) is 0 Å². The summed E-state index contributed by atoms with van der Waals surface area (Å²) in [7, 11) is 0. The van der Waals surface area contributed by atoms with Gasteiger partial charge in [-0.05, 0) is 63.3 Å². The molecule has 0 saturated heterocycles. The minimum atomic E-state index is -0.447. The molecule has 1 aliphatic carbocycles. The standard InChI is InChI=1S/C17H24BrNO2/c1-5-8-19(16(20)21-17(2,3)4)15-10-12-6-7-14(18)9-13(12)11-15/h6-7,9,15H,5,8,10-11H2,1-4H3/t15-/m1/s1. The van der Waals surface area contributed by atoms with Crippen molar-refractivity contribution in [3.05, 3.63) is 33.8 Å². The number of ether oxygens (including phenoxy) is 1. The van der Waals surface area contributed by atoms with E-state index < -0.39 is 5.60 Å². The van der Waals surface area contributed by atoms with E-state index in [0.717, 1.165) is 30.3 Å². The fraction of sp³-hybridized carbons (Fsp3) is 0.588. The quantitative estimate of drug-likeness (QED) is 0.796. The molecule has 0 radical (unpaired) electrons. The molecule has 0 aromatic heterocycles. The molecule has 3 nitrogen and oxygen atoms in total. The SMILES string of the molecule is CCCN(C(=O)OC(C)(C)C)[C@@H]1Cc2ccc(Br)cc2C1. The van der Waals surface area contributed by atoms with Gasteiger partial charge in [-0.1, -0.05) is 28.9 Å². The third-order valence-corrected chi connectivity index (χ3v) is 4.11. The number of hydrogen-bond donors (Lipinski definition) is 0. The number of benzene rings is 1. The van der Waals surface area contributed by atoms with Crippen molar-refractivity contribution in [3.8, 4) is 0 Å². The highest BCUT2D eigenvalue weighted by Gasteiger charge is 2.32. The lowest BCUT2D eigenvalue weighted by atomic mass is 10.1. The van der Waals surface area contributed by atoms with Gasteiger partial charge in [-0.15, -0.1) is 0 Å². The van der Waals surface area contributed by atoms with Crippen LogP contribution in [-0.4, -0.2) is 29.2 Å². The molecule has 1 aromatic carbocycles. The predicted molar refractivity (Wildman–Crippen MR) is 88.6 cm³/mol. The van der Waals surface area contributed by atoms with Gasteiger partial charge in [-0.2, -0.15) is 0 Å². The van der Waals surface area contributed by atoms with E-state index in [1.165, 1.54) is 11.1 Å². The molecule has 0 bridgehead atoms. The van der Waals surface area contributed by atoms with E-state index in [4.69, 9.17) is 4.74 Å². The van der Waals surface area contributed by atoms with Gasteiger partial charge >= 0.3 is 6.09 Å². The minimum Gasteiger partial charge on any atom is -0.444 e. The van der Waals surface area contributed by atoms with E-state index in [0.29, 0.717) is 0 Å². The van der Waals surface area contributed by atoms with E-state index >= 15 is 0 Å².